The predicted molar refractivity (Wildman–Crippen MR) is 98.1 cm³/mol. The summed E-state index contributed by atoms with van der Waals surface area (Å²) in [7, 11) is -3.97. The number of ether oxygens (including phenoxy) is 1. The van der Waals surface area contributed by atoms with Gasteiger partial charge < -0.3 is 4.74 Å². The number of benzene rings is 3. The molecule has 28 heavy (non-hydrogen) atoms. The first kappa shape index (κ1) is 19.9. The molecular weight excluding hydrogens is 391 g/mol. The Morgan fingerprint density at radius 1 is 0.786 bits per heavy atom. The van der Waals surface area contributed by atoms with Crippen molar-refractivity contribution in [3.8, 4) is 5.75 Å². The van der Waals surface area contributed by atoms with Crippen molar-refractivity contribution in [2.24, 2.45) is 0 Å². The summed E-state index contributed by atoms with van der Waals surface area (Å²) < 4.78 is 70.2. The number of hydrogen-bond acceptors (Lipinski definition) is 3. The third-order valence-corrected chi connectivity index (χ3v) is 5.41. The van der Waals surface area contributed by atoms with Gasteiger partial charge in [-0.05, 0) is 47.5 Å². The van der Waals surface area contributed by atoms with Gasteiger partial charge in [-0.1, -0.05) is 42.5 Å². The Hall–Kier alpha value is -2.84. The van der Waals surface area contributed by atoms with E-state index < -0.39 is 28.5 Å². The Balaban J connectivity index is 1.95. The largest absolute Gasteiger partial charge is 0.435 e. The lowest BCUT2D eigenvalue weighted by molar-refractivity contribution is -0.0498. The van der Waals surface area contributed by atoms with E-state index >= 15 is 0 Å². The Morgan fingerprint density at radius 2 is 1.36 bits per heavy atom. The molecule has 0 bridgehead atoms. The molecule has 0 saturated heterocycles. The maximum absolute atomic E-state index is 13.1. The molecule has 3 aromatic carbocycles. The molecule has 0 saturated carbocycles. The highest BCUT2D eigenvalue weighted by Crippen LogP contribution is 2.27. The molecule has 0 aromatic heterocycles. The Labute approximate surface area is 160 Å². The fraction of sp³-hybridized carbons (Fsp3) is 0.100. The molecule has 0 amide bonds. The van der Waals surface area contributed by atoms with E-state index in [1.165, 1.54) is 36.4 Å². The summed E-state index contributed by atoms with van der Waals surface area (Å²) in [6, 6.07) is 18.1. The van der Waals surface area contributed by atoms with E-state index in [0.29, 0.717) is 11.1 Å². The van der Waals surface area contributed by atoms with Crippen molar-refractivity contribution in [1.82, 2.24) is 4.72 Å². The van der Waals surface area contributed by atoms with Gasteiger partial charge >= 0.3 is 6.61 Å². The fourth-order valence-electron chi connectivity index (χ4n) is 2.65. The van der Waals surface area contributed by atoms with Crippen LogP contribution in [0.2, 0.25) is 0 Å². The van der Waals surface area contributed by atoms with Crippen LogP contribution in [0.25, 0.3) is 0 Å². The average molecular weight is 407 g/mol. The summed E-state index contributed by atoms with van der Waals surface area (Å²) in [5.41, 5.74) is 1.18. The first-order valence-electron chi connectivity index (χ1n) is 8.23. The smallest absolute Gasteiger partial charge is 0.387 e. The maximum Gasteiger partial charge on any atom is 0.387 e. The van der Waals surface area contributed by atoms with E-state index in [0.717, 1.165) is 12.1 Å². The molecular formula is C20H16F3NO3S. The van der Waals surface area contributed by atoms with Gasteiger partial charge in [0.2, 0.25) is 10.0 Å². The molecule has 4 nitrogen and oxygen atoms in total. The number of alkyl halides is 2. The molecule has 0 aliphatic heterocycles. The summed E-state index contributed by atoms with van der Waals surface area (Å²) in [5, 5.41) is 0. The van der Waals surface area contributed by atoms with Gasteiger partial charge in [-0.3, -0.25) is 0 Å². The average Bonchev–Trinajstić information content (AvgIpc) is 2.67. The van der Waals surface area contributed by atoms with E-state index in [1.807, 2.05) is 0 Å². The maximum atomic E-state index is 13.1. The summed E-state index contributed by atoms with van der Waals surface area (Å²) in [6.07, 6.45) is 0. The lowest BCUT2D eigenvalue weighted by Crippen LogP contribution is -2.29. The highest BCUT2D eigenvalue weighted by Gasteiger charge is 2.23. The fourth-order valence-corrected chi connectivity index (χ4v) is 3.87. The minimum atomic E-state index is -3.97. The second-order valence-corrected chi connectivity index (χ2v) is 7.58. The van der Waals surface area contributed by atoms with Gasteiger partial charge in [0.05, 0.1) is 10.9 Å². The van der Waals surface area contributed by atoms with E-state index in [-0.39, 0.29) is 10.6 Å². The molecule has 0 aliphatic carbocycles. The van der Waals surface area contributed by atoms with E-state index in [4.69, 9.17) is 0 Å². The summed E-state index contributed by atoms with van der Waals surface area (Å²) in [4.78, 5) is -0.0903. The van der Waals surface area contributed by atoms with Crippen molar-refractivity contribution in [2.45, 2.75) is 17.5 Å². The van der Waals surface area contributed by atoms with Crippen molar-refractivity contribution in [3.05, 3.63) is 95.8 Å². The zero-order chi connectivity index (χ0) is 20.1. The molecule has 0 heterocycles. The van der Waals surface area contributed by atoms with Gasteiger partial charge in [0, 0.05) is 0 Å². The molecule has 8 heteroatoms. The topological polar surface area (TPSA) is 55.4 Å². The van der Waals surface area contributed by atoms with Gasteiger partial charge in [-0.2, -0.15) is 13.5 Å². The van der Waals surface area contributed by atoms with E-state index in [9.17, 15) is 21.6 Å². The first-order valence-corrected chi connectivity index (χ1v) is 9.71. The van der Waals surface area contributed by atoms with Crippen LogP contribution in [0.1, 0.15) is 17.2 Å². The van der Waals surface area contributed by atoms with Crippen LogP contribution in [0.4, 0.5) is 13.2 Å². The minimum absolute atomic E-state index is 0.0352. The second kappa shape index (κ2) is 8.45. The highest BCUT2D eigenvalue weighted by atomic mass is 32.2. The third kappa shape index (κ3) is 4.90. The molecule has 3 aromatic rings. The zero-order valence-electron chi connectivity index (χ0n) is 14.4. The molecule has 1 atom stereocenters. The van der Waals surface area contributed by atoms with E-state index in [2.05, 4.69) is 9.46 Å². The van der Waals surface area contributed by atoms with Crippen LogP contribution in [0, 0.1) is 5.82 Å². The summed E-state index contributed by atoms with van der Waals surface area (Å²) in [6.45, 7) is -2.95. The number of halogens is 3. The van der Waals surface area contributed by atoms with Crippen LogP contribution in [0.5, 0.6) is 5.75 Å². The van der Waals surface area contributed by atoms with E-state index in [1.54, 1.807) is 30.3 Å². The van der Waals surface area contributed by atoms with Crippen LogP contribution in [-0.4, -0.2) is 15.0 Å². The van der Waals surface area contributed by atoms with Crippen molar-refractivity contribution in [1.29, 1.82) is 0 Å². The van der Waals surface area contributed by atoms with Gasteiger partial charge in [-0.25, -0.2) is 12.8 Å². The van der Waals surface area contributed by atoms with Crippen LogP contribution >= 0.6 is 0 Å². The molecule has 0 radical (unpaired) electrons. The van der Waals surface area contributed by atoms with Crippen molar-refractivity contribution >= 4 is 10.0 Å². The van der Waals surface area contributed by atoms with Crippen molar-refractivity contribution in [3.63, 3.8) is 0 Å². The molecule has 0 fully saturated rings. The molecule has 146 valence electrons. The van der Waals surface area contributed by atoms with Crippen LogP contribution in [0.15, 0.2) is 83.8 Å². The van der Waals surface area contributed by atoms with Gasteiger partial charge in [0.15, 0.2) is 0 Å². The van der Waals surface area contributed by atoms with Crippen LogP contribution in [0.3, 0.4) is 0 Å². The predicted octanol–water partition coefficient (Wildman–Crippen LogP) is 4.50. The standard InChI is InChI=1S/C20H16F3NO3S/c21-16-8-12-18(13-9-16)28(25,26)24-19(14-4-2-1-3-5-14)15-6-10-17(11-7-15)27-20(22)23/h1-13,19-20,24H/t19-/m1/s1. The Bertz CT molecular complexity index is 1010. The lowest BCUT2D eigenvalue weighted by Gasteiger charge is -2.20. The van der Waals surface area contributed by atoms with Crippen molar-refractivity contribution < 1.29 is 26.3 Å². The first-order chi connectivity index (χ1) is 13.3. The zero-order valence-corrected chi connectivity index (χ0v) is 15.2. The molecule has 3 rings (SSSR count). The minimum Gasteiger partial charge on any atom is -0.435 e. The van der Waals surface area contributed by atoms with Gasteiger partial charge in [-0.15, -0.1) is 0 Å². The monoisotopic (exact) mass is 407 g/mol. The summed E-state index contributed by atoms with van der Waals surface area (Å²) in [5.74, 6) is -0.583. The van der Waals surface area contributed by atoms with Crippen LogP contribution < -0.4 is 9.46 Å². The third-order valence-electron chi connectivity index (χ3n) is 3.97. The van der Waals surface area contributed by atoms with Crippen molar-refractivity contribution in [2.75, 3.05) is 0 Å². The van der Waals surface area contributed by atoms with Gasteiger partial charge in [0.1, 0.15) is 11.6 Å². The molecule has 0 spiro atoms. The van der Waals surface area contributed by atoms with Gasteiger partial charge in [0.25, 0.3) is 0 Å². The molecule has 0 aliphatic rings. The van der Waals surface area contributed by atoms with Crippen LogP contribution in [-0.2, 0) is 10.0 Å². The quantitative estimate of drug-likeness (QED) is 0.628. The lowest BCUT2D eigenvalue weighted by atomic mass is 10.00. The number of sulfonamides is 1. The normalized spacial score (nSPS) is 12.7. The number of nitrogens with one attached hydrogen (secondary N) is 1. The Kier molecular flexibility index (Phi) is 6.01. The number of rotatable bonds is 7. The molecule has 1 N–H and O–H groups in total. The second-order valence-electron chi connectivity index (χ2n) is 5.87. The SMILES string of the molecule is O=S(=O)(N[C@H](c1ccccc1)c1ccc(OC(F)F)cc1)c1ccc(F)cc1. The number of hydrogen-bond donors (Lipinski definition) is 1. The Morgan fingerprint density at radius 3 is 1.93 bits per heavy atom. The highest BCUT2D eigenvalue weighted by molar-refractivity contribution is 7.89. The molecule has 0 unspecified atom stereocenters. The summed E-state index contributed by atoms with van der Waals surface area (Å²) >= 11 is 0.